The Hall–Kier alpha value is -1.18. The topological polar surface area (TPSA) is 74.8 Å². The van der Waals surface area contributed by atoms with E-state index in [0.29, 0.717) is 17.4 Å². The number of benzene rings is 1. The fourth-order valence-corrected chi connectivity index (χ4v) is 3.51. The number of imidazole rings is 1. The molecule has 18 heavy (non-hydrogen) atoms. The van der Waals surface area contributed by atoms with Gasteiger partial charge in [-0.2, -0.15) is 0 Å². The van der Waals surface area contributed by atoms with Gasteiger partial charge in [-0.15, -0.1) is 0 Å². The van der Waals surface area contributed by atoms with Gasteiger partial charge in [-0.25, -0.2) is 18.1 Å². The number of hydrogen-bond donors (Lipinski definition) is 2. The number of hydrogen-bond acceptors (Lipinski definition) is 3. The van der Waals surface area contributed by atoms with Gasteiger partial charge in [0.2, 0.25) is 10.0 Å². The molecule has 0 fully saturated rings. The van der Waals surface area contributed by atoms with Crippen molar-refractivity contribution in [2.24, 2.45) is 0 Å². The number of nitrogens with one attached hydrogen (secondary N) is 2. The van der Waals surface area contributed by atoms with Gasteiger partial charge in [0.1, 0.15) is 0 Å². The molecule has 1 heterocycles. The first-order valence-corrected chi connectivity index (χ1v) is 7.58. The second-order valence-electron chi connectivity index (χ2n) is 3.66. The van der Waals surface area contributed by atoms with Gasteiger partial charge in [0, 0.05) is 29.3 Å². The molecule has 1 aromatic carbocycles. The van der Waals surface area contributed by atoms with Crippen molar-refractivity contribution in [3.8, 4) is 0 Å². The van der Waals surface area contributed by atoms with Gasteiger partial charge >= 0.3 is 0 Å². The number of sulfonamides is 1. The van der Waals surface area contributed by atoms with Gasteiger partial charge in [-0.05, 0) is 28.1 Å². The van der Waals surface area contributed by atoms with E-state index in [1.807, 2.05) is 0 Å². The first-order valence-electron chi connectivity index (χ1n) is 5.31. The van der Waals surface area contributed by atoms with E-state index >= 15 is 0 Å². The Morgan fingerprint density at radius 3 is 2.78 bits per heavy atom. The zero-order chi connectivity index (χ0) is 13.0. The minimum atomic E-state index is -3.48. The fourth-order valence-electron chi connectivity index (χ4n) is 1.48. The van der Waals surface area contributed by atoms with Crippen molar-refractivity contribution >= 4 is 26.0 Å². The van der Waals surface area contributed by atoms with E-state index in [2.05, 4.69) is 30.6 Å². The van der Waals surface area contributed by atoms with Crippen LogP contribution in [0.3, 0.4) is 0 Å². The molecule has 5 nitrogen and oxygen atoms in total. The Labute approximate surface area is 114 Å². The Morgan fingerprint density at radius 2 is 2.11 bits per heavy atom. The van der Waals surface area contributed by atoms with Gasteiger partial charge in [-0.1, -0.05) is 12.1 Å². The molecule has 96 valence electrons. The van der Waals surface area contributed by atoms with E-state index in [1.54, 1.807) is 36.8 Å². The highest BCUT2D eigenvalue weighted by atomic mass is 79.9. The third-order valence-corrected chi connectivity index (χ3v) is 4.84. The van der Waals surface area contributed by atoms with E-state index in [-0.39, 0.29) is 4.90 Å². The third kappa shape index (κ3) is 3.18. The highest BCUT2D eigenvalue weighted by Gasteiger charge is 2.16. The average molecular weight is 330 g/mol. The largest absolute Gasteiger partial charge is 0.348 e. The van der Waals surface area contributed by atoms with Crippen molar-refractivity contribution in [2.45, 2.75) is 11.3 Å². The molecule has 1 aromatic heterocycles. The number of nitrogens with zero attached hydrogens (tertiary/aromatic N) is 1. The smallest absolute Gasteiger partial charge is 0.241 e. The van der Waals surface area contributed by atoms with Gasteiger partial charge in [0.05, 0.1) is 11.2 Å². The molecule has 0 spiro atoms. The third-order valence-electron chi connectivity index (χ3n) is 2.37. The van der Waals surface area contributed by atoms with Gasteiger partial charge in [-0.3, -0.25) is 0 Å². The summed E-state index contributed by atoms with van der Waals surface area (Å²) in [5.74, 6) is 0. The van der Waals surface area contributed by atoms with Crippen molar-refractivity contribution in [2.75, 3.05) is 6.54 Å². The molecular formula is C11H12BrN3O2S. The summed E-state index contributed by atoms with van der Waals surface area (Å²) >= 11 is 3.23. The van der Waals surface area contributed by atoms with Crippen LogP contribution in [0.5, 0.6) is 0 Å². The molecule has 7 heteroatoms. The molecule has 0 saturated heterocycles. The summed E-state index contributed by atoms with van der Waals surface area (Å²) in [4.78, 5) is 7.03. The highest BCUT2D eigenvalue weighted by Crippen LogP contribution is 2.20. The zero-order valence-electron chi connectivity index (χ0n) is 9.43. The lowest BCUT2D eigenvalue weighted by Crippen LogP contribution is -2.26. The van der Waals surface area contributed by atoms with E-state index in [9.17, 15) is 8.42 Å². The Bertz CT molecular complexity index is 611. The summed E-state index contributed by atoms with van der Waals surface area (Å²) in [6.45, 7) is 0.325. The Morgan fingerprint density at radius 1 is 1.33 bits per heavy atom. The zero-order valence-corrected chi connectivity index (χ0v) is 11.8. The summed E-state index contributed by atoms with van der Waals surface area (Å²) in [7, 11) is -3.48. The maximum absolute atomic E-state index is 12.0. The van der Waals surface area contributed by atoms with Crippen LogP contribution in [0.1, 0.15) is 5.69 Å². The summed E-state index contributed by atoms with van der Waals surface area (Å²) in [6, 6.07) is 6.72. The highest BCUT2D eigenvalue weighted by molar-refractivity contribution is 9.10. The maximum atomic E-state index is 12.0. The first kappa shape index (κ1) is 13.3. The van der Waals surface area contributed by atoms with Crippen molar-refractivity contribution in [3.63, 3.8) is 0 Å². The minimum absolute atomic E-state index is 0.245. The quantitative estimate of drug-likeness (QED) is 0.876. The standard InChI is InChI=1S/C11H12BrN3O2S/c12-10-3-1-2-4-11(10)18(16,17)15-6-5-9-7-13-8-14-9/h1-4,7-8,15H,5-6H2,(H,13,14). The Balaban J connectivity index is 2.02. The van der Waals surface area contributed by atoms with Crippen LogP contribution in [0.15, 0.2) is 46.2 Å². The molecule has 0 radical (unpaired) electrons. The van der Waals surface area contributed by atoms with Crippen LogP contribution in [-0.2, 0) is 16.4 Å². The monoisotopic (exact) mass is 329 g/mol. The number of H-pyrrole nitrogens is 1. The molecule has 0 aliphatic rings. The first-order chi connectivity index (χ1) is 8.59. The van der Waals surface area contributed by atoms with E-state index in [4.69, 9.17) is 0 Å². The summed E-state index contributed by atoms with van der Waals surface area (Å²) in [5.41, 5.74) is 0.893. The van der Waals surface area contributed by atoms with Gasteiger partial charge < -0.3 is 4.98 Å². The molecule has 2 N–H and O–H groups in total. The van der Waals surface area contributed by atoms with Crippen LogP contribution in [0, 0.1) is 0 Å². The van der Waals surface area contributed by atoms with Crippen LogP contribution in [0.25, 0.3) is 0 Å². The Kier molecular flexibility index (Phi) is 4.15. The van der Waals surface area contributed by atoms with Crippen molar-refractivity contribution in [1.82, 2.24) is 14.7 Å². The molecule has 0 aliphatic carbocycles. The molecule has 2 aromatic rings. The second kappa shape index (κ2) is 5.64. The van der Waals surface area contributed by atoms with E-state index < -0.39 is 10.0 Å². The van der Waals surface area contributed by atoms with Crippen LogP contribution in [-0.4, -0.2) is 24.9 Å². The summed E-state index contributed by atoms with van der Waals surface area (Å²) in [5, 5.41) is 0. The maximum Gasteiger partial charge on any atom is 0.241 e. The van der Waals surface area contributed by atoms with E-state index in [0.717, 1.165) is 5.69 Å². The lowest BCUT2D eigenvalue weighted by Gasteiger charge is -2.07. The SMILES string of the molecule is O=S(=O)(NCCc1cnc[nH]1)c1ccccc1Br. The number of rotatable bonds is 5. The predicted octanol–water partition coefficient (Wildman–Crippen LogP) is 1.69. The molecule has 0 bridgehead atoms. The van der Waals surface area contributed by atoms with Gasteiger partial charge in [0.15, 0.2) is 0 Å². The second-order valence-corrected chi connectivity index (χ2v) is 6.24. The number of aromatic amines is 1. The van der Waals surface area contributed by atoms with E-state index in [1.165, 1.54) is 0 Å². The normalized spacial score (nSPS) is 11.6. The molecule has 2 rings (SSSR count). The minimum Gasteiger partial charge on any atom is -0.348 e. The molecule has 0 unspecified atom stereocenters. The molecular weight excluding hydrogens is 318 g/mol. The molecule has 0 saturated carbocycles. The summed E-state index contributed by atoms with van der Waals surface area (Å²) < 4.78 is 27.1. The molecule has 0 amide bonds. The lowest BCUT2D eigenvalue weighted by molar-refractivity contribution is 0.581. The van der Waals surface area contributed by atoms with Crippen molar-refractivity contribution in [3.05, 3.63) is 47.0 Å². The summed E-state index contributed by atoms with van der Waals surface area (Å²) in [6.07, 6.45) is 3.81. The van der Waals surface area contributed by atoms with Crippen LogP contribution >= 0.6 is 15.9 Å². The van der Waals surface area contributed by atoms with Crippen molar-refractivity contribution < 1.29 is 8.42 Å². The average Bonchev–Trinajstić information content (AvgIpc) is 2.82. The lowest BCUT2D eigenvalue weighted by atomic mass is 10.3. The molecule has 0 atom stereocenters. The van der Waals surface area contributed by atoms with Crippen LogP contribution in [0.4, 0.5) is 0 Å². The van der Waals surface area contributed by atoms with Crippen LogP contribution in [0.2, 0.25) is 0 Å². The molecule has 0 aliphatic heterocycles. The van der Waals surface area contributed by atoms with Crippen LogP contribution < -0.4 is 4.72 Å². The predicted molar refractivity (Wildman–Crippen MR) is 71.6 cm³/mol. The number of aromatic nitrogens is 2. The van der Waals surface area contributed by atoms with Gasteiger partial charge in [0.25, 0.3) is 0 Å². The fraction of sp³-hybridized carbons (Fsp3) is 0.182. The van der Waals surface area contributed by atoms with Crippen molar-refractivity contribution in [1.29, 1.82) is 0 Å². The number of halogens is 1.